The van der Waals surface area contributed by atoms with Crippen molar-refractivity contribution in [2.45, 2.75) is 44.6 Å². The monoisotopic (exact) mass is 357 g/mol. The summed E-state index contributed by atoms with van der Waals surface area (Å²) in [6.07, 6.45) is 5.48. The van der Waals surface area contributed by atoms with Crippen LogP contribution in [-0.2, 0) is 40.4 Å². The van der Waals surface area contributed by atoms with Crippen LogP contribution in [0.2, 0.25) is 0 Å². The van der Waals surface area contributed by atoms with Crippen molar-refractivity contribution in [3.8, 4) is 0 Å². The molecule has 0 radical (unpaired) electrons. The largest absolute Gasteiger partial charge is 0.378 e. The molecule has 0 N–H and O–H groups in total. The number of likely N-dealkylation sites (tertiary alicyclic amines) is 1. The van der Waals surface area contributed by atoms with Gasteiger partial charge in [-0.3, -0.25) is 9.78 Å². The van der Waals surface area contributed by atoms with Crippen molar-refractivity contribution in [2.75, 3.05) is 20.2 Å². The van der Waals surface area contributed by atoms with Gasteiger partial charge in [0.2, 0.25) is 5.91 Å². The molecule has 0 bridgehead atoms. The summed E-state index contributed by atoms with van der Waals surface area (Å²) in [5.74, 6) is 0.146. The van der Waals surface area contributed by atoms with Gasteiger partial charge in [-0.1, -0.05) is 11.3 Å². The molecule has 1 saturated heterocycles. The van der Waals surface area contributed by atoms with E-state index in [2.05, 4.69) is 15.3 Å². The van der Waals surface area contributed by atoms with Gasteiger partial charge in [-0.15, -0.1) is 5.10 Å². The molecular weight excluding hydrogens is 334 g/mol. The maximum absolute atomic E-state index is 12.5. The van der Waals surface area contributed by atoms with Gasteiger partial charge < -0.3 is 14.4 Å². The summed E-state index contributed by atoms with van der Waals surface area (Å²) < 4.78 is 13.3. The fourth-order valence-corrected chi connectivity index (χ4v) is 3.70. The van der Waals surface area contributed by atoms with Gasteiger partial charge in [-0.05, 0) is 24.5 Å². The van der Waals surface area contributed by atoms with Crippen LogP contribution in [-0.4, -0.2) is 56.6 Å². The van der Waals surface area contributed by atoms with Crippen LogP contribution in [0.25, 0.3) is 0 Å². The quantitative estimate of drug-likeness (QED) is 0.810. The van der Waals surface area contributed by atoms with E-state index in [0.29, 0.717) is 39.3 Å². The third-order valence-corrected chi connectivity index (χ3v) is 5.26. The molecule has 2 aliphatic rings. The van der Waals surface area contributed by atoms with Gasteiger partial charge in [-0.2, -0.15) is 0 Å². The van der Waals surface area contributed by atoms with E-state index in [4.69, 9.17) is 9.47 Å². The molecule has 1 amide bonds. The van der Waals surface area contributed by atoms with Crippen LogP contribution in [0.3, 0.4) is 0 Å². The third kappa shape index (κ3) is 3.34. The maximum atomic E-state index is 12.5. The molecule has 0 unspecified atom stereocenters. The molecule has 1 spiro atoms. The Balaban J connectivity index is 1.36. The zero-order chi connectivity index (χ0) is 18.0. The van der Waals surface area contributed by atoms with Crippen LogP contribution in [0.1, 0.15) is 29.8 Å². The Hall–Kier alpha value is -2.32. The van der Waals surface area contributed by atoms with E-state index in [1.54, 1.807) is 19.5 Å². The number of methoxy groups -OCH3 is 1. The van der Waals surface area contributed by atoms with E-state index in [1.807, 2.05) is 21.7 Å². The number of nitrogens with zero attached hydrogens (tertiary/aromatic N) is 5. The number of piperidine rings is 1. The third-order valence-electron chi connectivity index (χ3n) is 5.26. The molecule has 4 rings (SSSR count). The second-order valence-electron chi connectivity index (χ2n) is 6.96. The summed E-state index contributed by atoms with van der Waals surface area (Å²) in [5, 5.41) is 8.45. The number of hydrogen-bond donors (Lipinski definition) is 0. The average molecular weight is 357 g/mol. The number of amides is 1. The smallest absolute Gasteiger partial charge is 0.227 e. The van der Waals surface area contributed by atoms with Crippen molar-refractivity contribution in [1.82, 2.24) is 24.9 Å². The van der Waals surface area contributed by atoms with E-state index >= 15 is 0 Å². The van der Waals surface area contributed by atoms with Crippen LogP contribution in [0.15, 0.2) is 24.5 Å². The van der Waals surface area contributed by atoms with Crippen LogP contribution < -0.4 is 0 Å². The summed E-state index contributed by atoms with van der Waals surface area (Å²) in [7, 11) is 1.65. The number of hydrogen-bond acceptors (Lipinski definition) is 6. The Morgan fingerprint density at radius 2 is 2.23 bits per heavy atom. The molecule has 2 aromatic rings. The van der Waals surface area contributed by atoms with Crippen LogP contribution in [0.5, 0.6) is 0 Å². The zero-order valence-corrected chi connectivity index (χ0v) is 14.9. The molecule has 0 atom stereocenters. The van der Waals surface area contributed by atoms with Gasteiger partial charge in [0, 0.05) is 32.6 Å². The van der Waals surface area contributed by atoms with Gasteiger partial charge in [0.25, 0.3) is 0 Å². The number of carbonyl (C=O) groups is 1. The second kappa shape index (κ2) is 7.13. The zero-order valence-electron chi connectivity index (χ0n) is 14.9. The minimum absolute atomic E-state index is 0.146. The number of carbonyl (C=O) groups excluding carboxylic acids is 1. The minimum Gasteiger partial charge on any atom is -0.378 e. The SMILES string of the molecule is COCc1nnn2c1COC1(CCN(C(=O)Cc3cccnc3)CC1)C2. The Labute approximate surface area is 152 Å². The fraction of sp³-hybridized carbons (Fsp3) is 0.556. The predicted octanol–water partition coefficient (Wildman–Crippen LogP) is 0.954. The summed E-state index contributed by atoms with van der Waals surface area (Å²) in [5.41, 5.74) is 2.53. The van der Waals surface area contributed by atoms with E-state index < -0.39 is 0 Å². The molecule has 138 valence electrons. The van der Waals surface area contributed by atoms with Crippen molar-refractivity contribution >= 4 is 5.91 Å². The first-order chi connectivity index (χ1) is 12.7. The Morgan fingerprint density at radius 1 is 1.38 bits per heavy atom. The van der Waals surface area contributed by atoms with Crippen molar-refractivity contribution in [3.05, 3.63) is 41.5 Å². The normalized spacial score (nSPS) is 18.7. The molecule has 0 saturated carbocycles. The Kier molecular flexibility index (Phi) is 4.69. The fourth-order valence-electron chi connectivity index (χ4n) is 3.70. The number of aromatic nitrogens is 4. The highest BCUT2D eigenvalue weighted by atomic mass is 16.5. The highest BCUT2D eigenvalue weighted by molar-refractivity contribution is 5.78. The van der Waals surface area contributed by atoms with Gasteiger partial charge in [-0.25, -0.2) is 4.68 Å². The average Bonchev–Trinajstić information content (AvgIpc) is 3.05. The molecule has 4 heterocycles. The van der Waals surface area contributed by atoms with Crippen LogP contribution in [0, 0.1) is 0 Å². The first-order valence-electron chi connectivity index (χ1n) is 8.90. The Morgan fingerprint density at radius 3 is 2.96 bits per heavy atom. The lowest BCUT2D eigenvalue weighted by Crippen LogP contribution is -2.52. The second-order valence-corrected chi connectivity index (χ2v) is 6.96. The minimum atomic E-state index is -0.254. The Bertz CT molecular complexity index is 768. The first-order valence-corrected chi connectivity index (χ1v) is 8.90. The maximum Gasteiger partial charge on any atom is 0.227 e. The van der Waals surface area contributed by atoms with Crippen molar-refractivity contribution in [1.29, 1.82) is 0 Å². The lowest BCUT2D eigenvalue weighted by atomic mass is 9.89. The molecule has 8 nitrogen and oxygen atoms in total. The van der Waals surface area contributed by atoms with Gasteiger partial charge in [0.15, 0.2) is 0 Å². The highest BCUT2D eigenvalue weighted by Gasteiger charge is 2.41. The summed E-state index contributed by atoms with van der Waals surface area (Å²) in [4.78, 5) is 18.5. The van der Waals surface area contributed by atoms with E-state index in [9.17, 15) is 4.79 Å². The van der Waals surface area contributed by atoms with E-state index in [-0.39, 0.29) is 11.5 Å². The van der Waals surface area contributed by atoms with Gasteiger partial charge in [0.05, 0.1) is 37.5 Å². The molecule has 1 fully saturated rings. The van der Waals surface area contributed by atoms with Crippen LogP contribution in [0.4, 0.5) is 0 Å². The summed E-state index contributed by atoms with van der Waals surface area (Å²) in [6.45, 7) is 3.03. The molecule has 26 heavy (non-hydrogen) atoms. The number of rotatable bonds is 4. The molecular formula is C18H23N5O3. The van der Waals surface area contributed by atoms with Crippen molar-refractivity contribution in [2.24, 2.45) is 0 Å². The van der Waals surface area contributed by atoms with E-state index in [0.717, 1.165) is 29.8 Å². The topological polar surface area (TPSA) is 82.4 Å². The molecule has 2 aromatic heterocycles. The standard InChI is InChI=1S/C18H23N5O3/c1-25-11-15-16-12-26-18(13-23(16)21-20-15)4-7-22(8-5-18)17(24)9-14-3-2-6-19-10-14/h2-3,6,10H,4-5,7-9,11-13H2,1H3. The first kappa shape index (κ1) is 17.1. The van der Waals surface area contributed by atoms with Crippen LogP contribution >= 0.6 is 0 Å². The lowest BCUT2D eigenvalue weighted by Gasteiger charge is -2.43. The number of fused-ring (bicyclic) bond motifs is 1. The van der Waals surface area contributed by atoms with Gasteiger partial charge >= 0.3 is 0 Å². The molecule has 0 aliphatic carbocycles. The summed E-state index contributed by atoms with van der Waals surface area (Å²) >= 11 is 0. The molecule has 0 aromatic carbocycles. The van der Waals surface area contributed by atoms with Crippen molar-refractivity contribution < 1.29 is 14.3 Å². The van der Waals surface area contributed by atoms with E-state index in [1.165, 1.54) is 0 Å². The number of pyridine rings is 1. The van der Waals surface area contributed by atoms with Gasteiger partial charge in [0.1, 0.15) is 5.69 Å². The highest BCUT2D eigenvalue weighted by Crippen LogP contribution is 2.33. The molecule has 2 aliphatic heterocycles. The number of ether oxygens (including phenoxy) is 2. The lowest BCUT2D eigenvalue weighted by molar-refractivity contribution is -0.145. The predicted molar refractivity (Wildman–Crippen MR) is 92.0 cm³/mol. The molecule has 8 heteroatoms. The van der Waals surface area contributed by atoms with Crippen molar-refractivity contribution in [3.63, 3.8) is 0 Å². The summed E-state index contributed by atoms with van der Waals surface area (Å²) in [6, 6.07) is 3.79.